The summed E-state index contributed by atoms with van der Waals surface area (Å²) >= 11 is 0. The van der Waals surface area contributed by atoms with Gasteiger partial charge in [-0.2, -0.15) is 0 Å². The van der Waals surface area contributed by atoms with Gasteiger partial charge in [0.05, 0.1) is 54.1 Å². The first-order chi connectivity index (χ1) is 35.3. The van der Waals surface area contributed by atoms with Crippen molar-refractivity contribution in [3.8, 4) is 0 Å². The Kier molecular flexibility index (Phi) is 67.1. The van der Waals surface area contributed by atoms with Crippen molar-refractivity contribution in [1.82, 2.24) is 46.2 Å². The molecule has 0 aromatic rings. The summed E-state index contributed by atoms with van der Waals surface area (Å²) in [6.45, 7) is 27.6. The number of nitrogens with zero attached hydrogens (tertiary/aromatic N) is 4. The average molecular weight is 1080 g/mol. The van der Waals surface area contributed by atoms with Crippen molar-refractivity contribution in [2.75, 3.05) is 174 Å². The van der Waals surface area contributed by atoms with Gasteiger partial charge in [0.1, 0.15) is 24.8 Å². The molecular formula is C51H103N9O15. The molecule has 0 aliphatic carbocycles. The van der Waals surface area contributed by atoms with Gasteiger partial charge in [0.25, 0.3) is 0 Å². The van der Waals surface area contributed by atoms with E-state index < -0.39 is 0 Å². The lowest BCUT2D eigenvalue weighted by Crippen LogP contribution is -2.39. The van der Waals surface area contributed by atoms with E-state index in [1.54, 1.807) is 18.7 Å². The topological polar surface area (TPSA) is 290 Å². The first kappa shape index (κ1) is 81.5. The van der Waals surface area contributed by atoms with E-state index in [-0.39, 0.29) is 85.1 Å². The summed E-state index contributed by atoms with van der Waals surface area (Å²) in [5.41, 5.74) is 0. The van der Waals surface area contributed by atoms with Gasteiger partial charge in [-0.25, -0.2) is 0 Å². The van der Waals surface area contributed by atoms with Crippen LogP contribution in [0, 0.1) is 0 Å². The highest BCUT2D eigenvalue weighted by Gasteiger charge is 2.12. The normalized spacial score (nSPS) is 10.0. The molecule has 0 aromatic carbocycles. The standard InChI is InChI=1S/C13H24N2O4.C12H22N2O5.C10H20N2O3.C9H17NO3.C4H11N.C3H9N/c1-11(16)4-6-15(7-5-14-13(3)18)8-9-19-10-12(2)17;1-10(15)9-19-7-6-14(8-12(17)18-3)5-4-13-11(2)16;1-4-6-12(8-10(14)15-3)7-5-11-9(2)13;1-8(11)4-6-10(2)7-5-9(12)13-3;1-3-4-5-2;1-3-4-2/h4-10H2,1-3H3,(H,14,18);4-9H2,1-3H3,(H,13,16);4-8H2,1-3H3,(H,11,13);4-7H2,1-3H3;5H,3-4H2,1-2H3;4H,3H2,1-2H3. The molecule has 0 atom stereocenters. The second-order valence-electron chi connectivity index (χ2n) is 16.8. The van der Waals surface area contributed by atoms with E-state index >= 15 is 0 Å². The smallest absolute Gasteiger partial charge is 0.319 e. The van der Waals surface area contributed by atoms with Crippen LogP contribution < -0.4 is 26.6 Å². The monoisotopic (exact) mass is 1080 g/mol. The Morgan fingerprint density at radius 3 is 1.07 bits per heavy atom. The molecular weight excluding hydrogens is 979 g/mol. The molecule has 0 saturated heterocycles. The highest BCUT2D eigenvalue weighted by molar-refractivity contribution is 5.77. The maximum absolute atomic E-state index is 11.2. The summed E-state index contributed by atoms with van der Waals surface area (Å²) in [6.07, 6.45) is 3.60. The summed E-state index contributed by atoms with van der Waals surface area (Å²) in [4.78, 5) is 116. The van der Waals surface area contributed by atoms with Gasteiger partial charge in [-0.15, -0.1) is 0 Å². The third-order valence-corrected chi connectivity index (χ3v) is 9.23. The average Bonchev–Trinajstić information content (AvgIpc) is 3.34. The number of rotatable bonds is 37. The zero-order valence-electron chi connectivity index (χ0n) is 49.1. The lowest BCUT2D eigenvalue weighted by molar-refractivity contribution is -0.143. The molecule has 0 aliphatic rings. The summed E-state index contributed by atoms with van der Waals surface area (Å²) in [7, 11) is 9.84. The Morgan fingerprint density at radius 2 is 0.760 bits per heavy atom. The number of amides is 3. The van der Waals surface area contributed by atoms with Crippen LogP contribution in [-0.2, 0) is 71.6 Å². The van der Waals surface area contributed by atoms with Crippen molar-refractivity contribution in [1.29, 1.82) is 0 Å². The first-order valence-corrected chi connectivity index (χ1v) is 25.6. The molecule has 24 nitrogen and oxygen atoms in total. The van der Waals surface area contributed by atoms with Gasteiger partial charge >= 0.3 is 17.9 Å². The van der Waals surface area contributed by atoms with Gasteiger partial charge < -0.3 is 55.2 Å². The number of carbonyl (C=O) groups is 10. The summed E-state index contributed by atoms with van der Waals surface area (Å²) in [5.74, 6) is -0.796. The first-order valence-electron chi connectivity index (χ1n) is 25.6. The van der Waals surface area contributed by atoms with Crippen LogP contribution in [0.5, 0.6) is 0 Å². The third kappa shape index (κ3) is 80.8. The number of ketones is 4. The molecule has 75 heavy (non-hydrogen) atoms. The minimum Gasteiger partial charge on any atom is -0.469 e. The van der Waals surface area contributed by atoms with Gasteiger partial charge in [0.2, 0.25) is 17.7 Å². The minimum absolute atomic E-state index is 0.00599. The van der Waals surface area contributed by atoms with Gasteiger partial charge in [-0.05, 0) is 81.3 Å². The highest BCUT2D eigenvalue weighted by atomic mass is 16.5. The van der Waals surface area contributed by atoms with Crippen molar-refractivity contribution < 1.29 is 71.6 Å². The number of carbonyl (C=O) groups excluding carboxylic acids is 10. The molecule has 0 unspecified atom stereocenters. The van der Waals surface area contributed by atoms with Gasteiger partial charge in [0.15, 0.2) is 11.6 Å². The third-order valence-electron chi connectivity index (χ3n) is 9.23. The second-order valence-corrected chi connectivity index (χ2v) is 16.8. The highest BCUT2D eigenvalue weighted by Crippen LogP contribution is 1.96. The van der Waals surface area contributed by atoms with Crippen LogP contribution in [-0.4, -0.2) is 252 Å². The fourth-order valence-corrected chi connectivity index (χ4v) is 5.08. The molecule has 0 radical (unpaired) electrons. The number of methoxy groups -OCH3 is 3. The Bertz CT molecular complexity index is 1490. The molecule has 0 spiro atoms. The largest absolute Gasteiger partial charge is 0.469 e. The van der Waals surface area contributed by atoms with E-state index in [1.165, 1.54) is 62.4 Å². The summed E-state index contributed by atoms with van der Waals surface area (Å²) < 4.78 is 24.0. The van der Waals surface area contributed by atoms with E-state index in [0.717, 1.165) is 26.1 Å². The lowest BCUT2D eigenvalue weighted by Gasteiger charge is -2.21. The van der Waals surface area contributed by atoms with Crippen molar-refractivity contribution in [2.24, 2.45) is 0 Å². The van der Waals surface area contributed by atoms with Gasteiger partial charge in [-0.1, -0.05) is 20.8 Å². The van der Waals surface area contributed by atoms with E-state index in [9.17, 15) is 47.9 Å². The van der Waals surface area contributed by atoms with Crippen molar-refractivity contribution in [3.63, 3.8) is 0 Å². The predicted octanol–water partition coefficient (Wildman–Crippen LogP) is 0.522. The number of Topliss-reactive ketones (excluding diaryl/α,β-unsaturated/α-hetero) is 4. The predicted molar refractivity (Wildman–Crippen MR) is 291 cm³/mol. The van der Waals surface area contributed by atoms with Crippen LogP contribution >= 0.6 is 0 Å². The molecule has 0 heterocycles. The van der Waals surface area contributed by atoms with Crippen LogP contribution in [0.1, 0.15) is 101 Å². The summed E-state index contributed by atoms with van der Waals surface area (Å²) in [6, 6.07) is 0. The zero-order valence-corrected chi connectivity index (χ0v) is 49.1. The van der Waals surface area contributed by atoms with Crippen molar-refractivity contribution in [2.45, 2.75) is 101 Å². The lowest BCUT2D eigenvalue weighted by atomic mass is 10.3. The Morgan fingerprint density at radius 1 is 0.400 bits per heavy atom. The Balaban J connectivity index is -0.000000202. The molecule has 0 bridgehead atoms. The molecule has 442 valence electrons. The quantitative estimate of drug-likeness (QED) is 0.0322. The molecule has 0 aromatic heterocycles. The maximum Gasteiger partial charge on any atom is 0.319 e. The van der Waals surface area contributed by atoms with Crippen molar-refractivity contribution in [3.05, 3.63) is 0 Å². The van der Waals surface area contributed by atoms with E-state index in [2.05, 4.69) is 54.6 Å². The van der Waals surface area contributed by atoms with Gasteiger partial charge in [0, 0.05) is 106 Å². The maximum atomic E-state index is 11.2. The fraction of sp³-hybridized carbons (Fsp3) is 0.804. The fourth-order valence-electron chi connectivity index (χ4n) is 5.08. The number of ether oxygens (including phenoxy) is 5. The SMILES string of the molecule is CC(=O)CCN(CCNC(C)=O)CCOCC(C)=O.CCCN(CCNC(C)=O)CC(=O)OC.CCCNC.CCNC.COC(=O)CCN(C)CCC(C)=O.COC(=O)CN(CCNC(C)=O)CCOCC(C)=O. The number of nitrogens with one attached hydrogen (secondary N) is 5. The molecule has 5 N–H and O–H groups in total. The minimum atomic E-state index is -0.352. The molecule has 3 amide bonds. The molecule has 0 fully saturated rings. The number of esters is 3. The second kappa shape index (κ2) is 61.7. The van der Waals surface area contributed by atoms with E-state index in [0.29, 0.717) is 104 Å². The Hall–Kier alpha value is -4.82. The Labute approximate surface area is 450 Å². The molecule has 0 rings (SSSR count). The van der Waals surface area contributed by atoms with Crippen LogP contribution in [0.4, 0.5) is 0 Å². The van der Waals surface area contributed by atoms with Gasteiger partial charge in [-0.3, -0.25) is 62.6 Å². The van der Waals surface area contributed by atoms with E-state index in [1.807, 2.05) is 42.8 Å². The summed E-state index contributed by atoms with van der Waals surface area (Å²) in [5, 5.41) is 14.0. The molecule has 0 aliphatic heterocycles. The number of hydrogen-bond acceptors (Lipinski definition) is 21. The zero-order chi connectivity index (χ0) is 58.8. The van der Waals surface area contributed by atoms with Crippen LogP contribution in [0.3, 0.4) is 0 Å². The van der Waals surface area contributed by atoms with Crippen molar-refractivity contribution >= 4 is 58.8 Å². The van der Waals surface area contributed by atoms with E-state index in [4.69, 9.17) is 9.47 Å². The number of hydrogen-bond donors (Lipinski definition) is 5. The molecule has 24 heteroatoms. The van der Waals surface area contributed by atoms with Crippen LogP contribution in [0.15, 0.2) is 0 Å². The van der Waals surface area contributed by atoms with Crippen LogP contribution in [0.2, 0.25) is 0 Å². The molecule has 0 saturated carbocycles. The van der Waals surface area contributed by atoms with Crippen LogP contribution in [0.25, 0.3) is 0 Å².